The monoisotopic (exact) mass is 434 g/mol. The lowest BCUT2D eigenvalue weighted by molar-refractivity contribution is 0.0946. The number of anilines is 1. The van der Waals surface area contributed by atoms with Crippen LogP contribution in [0.4, 0.5) is 10.2 Å². The fourth-order valence-electron chi connectivity index (χ4n) is 3.52. The molecule has 0 saturated carbocycles. The number of hydrogen-bond acceptors (Lipinski definition) is 5. The van der Waals surface area contributed by atoms with E-state index in [0.29, 0.717) is 13.1 Å². The molecule has 0 bridgehead atoms. The van der Waals surface area contributed by atoms with Crippen LogP contribution in [0, 0.1) is 5.82 Å². The van der Waals surface area contributed by atoms with Gasteiger partial charge in [-0.25, -0.2) is 17.8 Å². The second-order valence-corrected chi connectivity index (χ2v) is 9.07. The van der Waals surface area contributed by atoms with E-state index in [9.17, 15) is 17.6 Å². The van der Waals surface area contributed by atoms with Crippen molar-refractivity contribution in [1.82, 2.24) is 14.6 Å². The normalized spacial score (nSPS) is 14.3. The topological polar surface area (TPSA) is 82.6 Å². The molecule has 3 rings (SSSR count). The van der Waals surface area contributed by atoms with Gasteiger partial charge in [-0.05, 0) is 48.7 Å². The van der Waals surface area contributed by atoms with Gasteiger partial charge >= 0.3 is 0 Å². The van der Waals surface area contributed by atoms with Crippen LogP contribution in [0.2, 0.25) is 0 Å². The third-order valence-corrected chi connectivity index (χ3v) is 7.26. The molecule has 30 heavy (non-hydrogen) atoms. The van der Waals surface area contributed by atoms with Crippen molar-refractivity contribution < 1.29 is 17.6 Å². The van der Waals surface area contributed by atoms with Crippen molar-refractivity contribution in [3.05, 3.63) is 53.5 Å². The van der Waals surface area contributed by atoms with Gasteiger partial charge in [-0.1, -0.05) is 13.8 Å². The van der Waals surface area contributed by atoms with Gasteiger partial charge in [0.05, 0.1) is 10.5 Å². The largest absolute Gasteiger partial charge is 0.357 e. The van der Waals surface area contributed by atoms with E-state index in [1.54, 1.807) is 26.1 Å². The van der Waals surface area contributed by atoms with E-state index in [2.05, 4.69) is 15.2 Å². The SMILES string of the molecule is CCN(CC)S(=O)(=O)c1ccc(F)c(C(=O)NCc2ccnc(N3CCCC3)c2)c1. The van der Waals surface area contributed by atoms with E-state index >= 15 is 0 Å². The zero-order valence-electron chi connectivity index (χ0n) is 17.3. The third kappa shape index (κ3) is 4.79. The molecule has 2 heterocycles. The first-order chi connectivity index (χ1) is 14.4. The van der Waals surface area contributed by atoms with Crippen molar-refractivity contribution in [1.29, 1.82) is 0 Å². The van der Waals surface area contributed by atoms with E-state index in [0.717, 1.165) is 49.4 Å². The lowest BCUT2D eigenvalue weighted by Gasteiger charge is -2.19. The summed E-state index contributed by atoms with van der Waals surface area (Å²) in [5.74, 6) is -0.570. The zero-order valence-corrected chi connectivity index (χ0v) is 18.1. The van der Waals surface area contributed by atoms with Gasteiger partial charge < -0.3 is 10.2 Å². The number of nitrogens with zero attached hydrogens (tertiary/aromatic N) is 3. The highest BCUT2D eigenvalue weighted by Gasteiger charge is 2.24. The van der Waals surface area contributed by atoms with Gasteiger partial charge in [-0.2, -0.15) is 4.31 Å². The number of carbonyl (C=O) groups is 1. The molecular weight excluding hydrogens is 407 g/mol. The lowest BCUT2D eigenvalue weighted by atomic mass is 10.2. The van der Waals surface area contributed by atoms with Crippen LogP contribution >= 0.6 is 0 Å². The molecule has 1 aromatic heterocycles. The Morgan fingerprint density at radius 3 is 2.53 bits per heavy atom. The van der Waals surface area contributed by atoms with Crippen molar-refractivity contribution in [3.63, 3.8) is 0 Å². The number of rotatable bonds is 8. The van der Waals surface area contributed by atoms with Crippen LogP contribution < -0.4 is 10.2 Å². The molecule has 7 nitrogen and oxygen atoms in total. The first-order valence-electron chi connectivity index (χ1n) is 10.1. The average Bonchev–Trinajstić information content (AvgIpc) is 3.28. The Labute approximate surface area is 177 Å². The summed E-state index contributed by atoms with van der Waals surface area (Å²) in [5.41, 5.74) is 0.546. The molecule has 1 aliphatic heterocycles. The van der Waals surface area contributed by atoms with E-state index in [1.807, 2.05) is 6.07 Å². The molecule has 1 amide bonds. The zero-order chi connectivity index (χ0) is 21.7. The fraction of sp³-hybridized carbons (Fsp3) is 0.429. The summed E-state index contributed by atoms with van der Waals surface area (Å²) in [6.45, 7) is 6.14. The van der Waals surface area contributed by atoms with Crippen molar-refractivity contribution in [2.75, 3.05) is 31.1 Å². The van der Waals surface area contributed by atoms with Crippen LogP contribution in [0.25, 0.3) is 0 Å². The van der Waals surface area contributed by atoms with Crippen LogP contribution in [0.3, 0.4) is 0 Å². The van der Waals surface area contributed by atoms with E-state index in [1.165, 1.54) is 10.4 Å². The van der Waals surface area contributed by atoms with E-state index in [-0.39, 0.29) is 17.0 Å². The smallest absolute Gasteiger partial charge is 0.254 e. The number of aromatic nitrogens is 1. The molecule has 0 unspecified atom stereocenters. The Morgan fingerprint density at radius 2 is 1.87 bits per heavy atom. The first-order valence-corrected chi connectivity index (χ1v) is 11.6. The Hall–Kier alpha value is -2.52. The number of amides is 1. The minimum Gasteiger partial charge on any atom is -0.357 e. The lowest BCUT2D eigenvalue weighted by Crippen LogP contribution is -2.31. The highest BCUT2D eigenvalue weighted by atomic mass is 32.2. The predicted octanol–water partition coefficient (Wildman–Crippen LogP) is 2.78. The van der Waals surface area contributed by atoms with Crippen LogP contribution in [-0.4, -0.2) is 49.8 Å². The molecule has 162 valence electrons. The highest BCUT2D eigenvalue weighted by molar-refractivity contribution is 7.89. The summed E-state index contributed by atoms with van der Waals surface area (Å²) in [6, 6.07) is 7.00. The molecule has 0 spiro atoms. The van der Waals surface area contributed by atoms with Crippen LogP contribution in [-0.2, 0) is 16.6 Å². The summed E-state index contributed by atoms with van der Waals surface area (Å²) in [5, 5.41) is 2.68. The van der Waals surface area contributed by atoms with Gasteiger partial charge in [0.2, 0.25) is 10.0 Å². The Balaban J connectivity index is 1.75. The molecule has 0 radical (unpaired) electrons. The maximum atomic E-state index is 14.3. The van der Waals surface area contributed by atoms with Crippen molar-refractivity contribution in [2.45, 2.75) is 38.1 Å². The quantitative estimate of drug-likeness (QED) is 0.691. The average molecular weight is 435 g/mol. The second kappa shape index (κ2) is 9.53. The van der Waals surface area contributed by atoms with Crippen molar-refractivity contribution >= 4 is 21.7 Å². The van der Waals surface area contributed by atoms with Crippen LogP contribution in [0.5, 0.6) is 0 Å². The van der Waals surface area contributed by atoms with Gasteiger partial charge in [0.25, 0.3) is 5.91 Å². The van der Waals surface area contributed by atoms with Crippen molar-refractivity contribution in [3.8, 4) is 0 Å². The summed E-state index contributed by atoms with van der Waals surface area (Å²) in [7, 11) is -3.78. The molecular formula is C21H27FN4O3S. The van der Waals surface area contributed by atoms with Gasteiger partial charge in [-0.3, -0.25) is 4.79 Å². The predicted molar refractivity (Wildman–Crippen MR) is 113 cm³/mol. The number of halogens is 1. The molecule has 0 aliphatic carbocycles. The number of pyridine rings is 1. The van der Waals surface area contributed by atoms with Gasteiger partial charge in [0, 0.05) is 38.9 Å². The molecule has 2 aromatic rings. The number of benzene rings is 1. The molecule has 1 fully saturated rings. The summed E-state index contributed by atoms with van der Waals surface area (Å²) in [6.07, 6.45) is 3.95. The Morgan fingerprint density at radius 1 is 1.17 bits per heavy atom. The van der Waals surface area contributed by atoms with Crippen LogP contribution in [0.15, 0.2) is 41.4 Å². The number of carbonyl (C=O) groups excluding carboxylic acids is 1. The van der Waals surface area contributed by atoms with Gasteiger partial charge in [0.15, 0.2) is 0 Å². The minimum atomic E-state index is -3.78. The molecule has 1 aromatic carbocycles. The fourth-order valence-corrected chi connectivity index (χ4v) is 5.00. The second-order valence-electron chi connectivity index (χ2n) is 7.13. The summed E-state index contributed by atoms with van der Waals surface area (Å²) >= 11 is 0. The number of sulfonamides is 1. The molecule has 1 saturated heterocycles. The van der Waals surface area contributed by atoms with Gasteiger partial charge in [-0.15, -0.1) is 0 Å². The highest BCUT2D eigenvalue weighted by Crippen LogP contribution is 2.20. The number of nitrogens with one attached hydrogen (secondary N) is 1. The number of hydrogen-bond donors (Lipinski definition) is 1. The maximum absolute atomic E-state index is 14.3. The van der Waals surface area contributed by atoms with E-state index < -0.39 is 21.7 Å². The Kier molecular flexibility index (Phi) is 7.04. The molecule has 0 atom stereocenters. The Bertz CT molecular complexity index is 1000. The summed E-state index contributed by atoms with van der Waals surface area (Å²) in [4.78, 5) is 19.0. The summed E-state index contributed by atoms with van der Waals surface area (Å²) < 4.78 is 40.9. The van der Waals surface area contributed by atoms with Crippen LogP contribution in [0.1, 0.15) is 42.6 Å². The molecule has 1 aliphatic rings. The maximum Gasteiger partial charge on any atom is 0.254 e. The van der Waals surface area contributed by atoms with Gasteiger partial charge in [0.1, 0.15) is 11.6 Å². The van der Waals surface area contributed by atoms with E-state index in [4.69, 9.17) is 0 Å². The standard InChI is InChI=1S/C21H27FN4O3S/c1-3-26(4-2)30(28,29)17-7-8-19(22)18(14-17)21(27)24-15-16-9-10-23-20(13-16)25-11-5-6-12-25/h7-10,13-14H,3-6,11-12,15H2,1-2H3,(H,24,27). The molecule has 9 heteroatoms. The third-order valence-electron chi connectivity index (χ3n) is 5.22. The van der Waals surface area contributed by atoms with Crippen molar-refractivity contribution in [2.24, 2.45) is 0 Å². The first kappa shape index (κ1) is 22.2. The minimum absolute atomic E-state index is 0.0991. The molecule has 1 N–H and O–H groups in total.